The molecular weight excluding hydrogens is 251 g/mol. The minimum Gasteiger partial charge on any atom is -0.387 e. The zero-order valence-electron chi connectivity index (χ0n) is 10.1. The van der Waals surface area contributed by atoms with Crippen LogP contribution in [0.1, 0.15) is 22.4 Å². The molecule has 0 aliphatic heterocycles. The molecule has 0 amide bonds. The summed E-state index contributed by atoms with van der Waals surface area (Å²) in [5.74, 6) is -0.331. The molecule has 0 radical (unpaired) electrons. The van der Waals surface area contributed by atoms with E-state index in [1.165, 1.54) is 12.1 Å². The molecule has 1 heterocycles. The molecule has 5 heteroatoms. The second-order valence-electron chi connectivity index (χ2n) is 4.08. The molecule has 1 atom stereocenters. The van der Waals surface area contributed by atoms with Gasteiger partial charge >= 0.3 is 0 Å². The molecule has 1 aromatic heterocycles. The van der Waals surface area contributed by atoms with Crippen molar-refractivity contribution >= 4 is 11.3 Å². The van der Waals surface area contributed by atoms with Gasteiger partial charge in [0.2, 0.25) is 0 Å². The van der Waals surface area contributed by atoms with E-state index < -0.39 is 6.10 Å². The summed E-state index contributed by atoms with van der Waals surface area (Å²) in [5, 5.41) is 16.0. The average molecular weight is 266 g/mol. The van der Waals surface area contributed by atoms with E-state index in [0.29, 0.717) is 18.7 Å². The van der Waals surface area contributed by atoms with Crippen LogP contribution >= 0.6 is 11.3 Å². The molecule has 0 bridgehead atoms. The Morgan fingerprint density at radius 3 is 3.00 bits per heavy atom. The van der Waals surface area contributed by atoms with Crippen LogP contribution in [-0.2, 0) is 6.54 Å². The Bertz CT molecular complexity index is 515. The van der Waals surface area contributed by atoms with Crippen LogP contribution in [0, 0.1) is 12.7 Å². The number of aromatic nitrogens is 1. The molecule has 0 fully saturated rings. The van der Waals surface area contributed by atoms with Gasteiger partial charge in [-0.25, -0.2) is 9.37 Å². The minimum atomic E-state index is -0.707. The van der Waals surface area contributed by atoms with Crippen LogP contribution in [0.15, 0.2) is 29.6 Å². The van der Waals surface area contributed by atoms with Crippen molar-refractivity contribution in [3.05, 3.63) is 51.7 Å². The molecule has 0 spiro atoms. The predicted molar refractivity (Wildman–Crippen MR) is 69.9 cm³/mol. The predicted octanol–water partition coefficient (Wildman–Crippen LogP) is 2.41. The number of nitrogens with one attached hydrogen (secondary N) is 1. The molecule has 3 nitrogen and oxygen atoms in total. The van der Waals surface area contributed by atoms with Gasteiger partial charge < -0.3 is 10.4 Å². The number of halogens is 1. The third kappa shape index (κ3) is 3.60. The van der Waals surface area contributed by atoms with E-state index in [-0.39, 0.29) is 5.82 Å². The SMILES string of the molecule is Cc1csc(CNCC(O)c2cccc(F)c2)n1. The van der Waals surface area contributed by atoms with Crippen molar-refractivity contribution in [2.24, 2.45) is 0 Å². The number of hydrogen-bond acceptors (Lipinski definition) is 4. The lowest BCUT2D eigenvalue weighted by atomic mass is 10.1. The highest BCUT2D eigenvalue weighted by Gasteiger charge is 2.08. The number of aryl methyl sites for hydroxylation is 1. The number of benzene rings is 1. The van der Waals surface area contributed by atoms with Crippen LogP contribution in [0.5, 0.6) is 0 Å². The highest BCUT2D eigenvalue weighted by molar-refractivity contribution is 7.09. The summed E-state index contributed by atoms with van der Waals surface area (Å²) >= 11 is 1.58. The lowest BCUT2D eigenvalue weighted by molar-refractivity contribution is 0.174. The van der Waals surface area contributed by atoms with Crippen LogP contribution in [0.4, 0.5) is 4.39 Å². The van der Waals surface area contributed by atoms with Crippen molar-refractivity contribution in [3.8, 4) is 0 Å². The Labute approximate surface area is 109 Å². The summed E-state index contributed by atoms with van der Waals surface area (Å²) in [6.45, 7) is 2.94. The maximum absolute atomic E-state index is 13.0. The van der Waals surface area contributed by atoms with E-state index in [1.54, 1.807) is 23.5 Å². The van der Waals surface area contributed by atoms with Crippen molar-refractivity contribution in [3.63, 3.8) is 0 Å². The Kier molecular flexibility index (Phi) is 4.41. The van der Waals surface area contributed by atoms with E-state index in [1.807, 2.05) is 12.3 Å². The second-order valence-corrected chi connectivity index (χ2v) is 5.03. The summed E-state index contributed by atoms with van der Waals surface area (Å²) < 4.78 is 13.0. The van der Waals surface area contributed by atoms with Gasteiger partial charge in [0.25, 0.3) is 0 Å². The van der Waals surface area contributed by atoms with Gasteiger partial charge in [-0.05, 0) is 24.6 Å². The number of aliphatic hydroxyl groups is 1. The van der Waals surface area contributed by atoms with Crippen molar-refractivity contribution in [1.29, 1.82) is 0 Å². The first-order valence-corrected chi connectivity index (χ1v) is 6.58. The Balaban J connectivity index is 1.83. The largest absolute Gasteiger partial charge is 0.387 e. The Morgan fingerprint density at radius 1 is 1.50 bits per heavy atom. The molecule has 1 unspecified atom stereocenters. The van der Waals surface area contributed by atoms with Gasteiger partial charge in [-0.15, -0.1) is 11.3 Å². The Hall–Kier alpha value is -1.30. The molecule has 2 aromatic rings. The number of hydrogen-bond donors (Lipinski definition) is 2. The smallest absolute Gasteiger partial charge is 0.123 e. The van der Waals surface area contributed by atoms with Gasteiger partial charge in [0.15, 0.2) is 0 Å². The molecule has 18 heavy (non-hydrogen) atoms. The Morgan fingerprint density at radius 2 is 2.33 bits per heavy atom. The molecular formula is C13H15FN2OS. The van der Waals surface area contributed by atoms with Crippen molar-refractivity contribution < 1.29 is 9.50 Å². The van der Waals surface area contributed by atoms with Gasteiger partial charge in [-0.2, -0.15) is 0 Å². The maximum atomic E-state index is 13.0. The molecule has 2 rings (SSSR count). The van der Waals surface area contributed by atoms with Crippen LogP contribution in [-0.4, -0.2) is 16.6 Å². The molecule has 0 saturated heterocycles. The quantitative estimate of drug-likeness (QED) is 0.873. The fraction of sp³-hybridized carbons (Fsp3) is 0.308. The molecule has 2 N–H and O–H groups in total. The first-order chi connectivity index (χ1) is 8.65. The van der Waals surface area contributed by atoms with Crippen molar-refractivity contribution in [2.45, 2.75) is 19.6 Å². The first-order valence-electron chi connectivity index (χ1n) is 5.70. The van der Waals surface area contributed by atoms with Gasteiger partial charge in [-0.1, -0.05) is 12.1 Å². The maximum Gasteiger partial charge on any atom is 0.123 e. The fourth-order valence-corrected chi connectivity index (χ4v) is 2.37. The topological polar surface area (TPSA) is 45.1 Å². The third-order valence-electron chi connectivity index (χ3n) is 2.51. The number of thiazole rings is 1. The standard InChI is InChI=1S/C13H15FN2OS/c1-9-8-18-13(16-9)7-15-6-12(17)10-3-2-4-11(14)5-10/h2-5,8,12,15,17H,6-7H2,1H3. The lowest BCUT2D eigenvalue weighted by Crippen LogP contribution is -2.21. The van der Waals surface area contributed by atoms with E-state index in [4.69, 9.17) is 0 Å². The lowest BCUT2D eigenvalue weighted by Gasteiger charge is -2.11. The highest BCUT2D eigenvalue weighted by atomic mass is 32.1. The third-order valence-corrected chi connectivity index (χ3v) is 3.48. The van der Waals surface area contributed by atoms with Gasteiger partial charge in [0.1, 0.15) is 10.8 Å². The molecule has 1 aromatic carbocycles. The molecule has 0 saturated carbocycles. The summed E-state index contributed by atoms with van der Waals surface area (Å²) in [6.07, 6.45) is -0.707. The van der Waals surface area contributed by atoms with Gasteiger partial charge in [-0.3, -0.25) is 0 Å². The van der Waals surface area contributed by atoms with E-state index in [9.17, 15) is 9.50 Å². The van der Waals surface area contributed by atoms with Gasteiger partial charge in [0.05, 0.1) is 6.10 Å². The number of rotatable bonds is 5. The summed E-state index contributed by atoms with van der Waals surface area (Å²) in [4.78, 5) is 4.31. The van der Waals surface area contributed by atoms with Gasteiger partial charge in [0, 0.05) is 24.2 Å². The second kappa shape index (κ2) is 6.04. The first kappa shape index (κ1) is 13.1. The van der Waals surface area contributed by atoms with Crippen molar-refractivity contribution in [1.82, 2.24) is 10.3 Å². The summed E-state index contributed by atoms with van der Waals surface area (Å²) in [7, 11) is 0. The number of nitrogens with zero attached hydrogens (tertiary/aromatic N) is 1. The van der Waals surface area contributed by atoms with E-state index >= 15 is 0 Å². The summed E-state index contributed by atoms with van der Waals surface area (Å²) in [6, 6.07) is 6.02. The molecule has 96 valence electrons. The van der Waals surface area contributed by atoms with Crippen LogP contribution in [0.25, 0.3) is 0 Å². The fourth-order valence-electron chi connectivity index (χ4n) is 1.63. The zero-order valence-corrected chi connectivity index (χ0v) is 10.9. The van der Waals surface area contributed by atoms with Crippen molar-refractivity contribution in [2.75, 3.05) is 6.54 Å². The monoisotopic (exact) mass is 266 g/mol. The van der Waals surface area contributed by atoms with Crippen LogP contribution < -0.4 is 5.32 Å². The zero-order chi connectivity index (χ0) is 13.0. The number of aliphatic hydroxyl groups excluding tert-OH is 1. The van der Waals surface area contributed by atoms with Crippen LogP contribution in [0.2, 0.25) is 0 Å². The summed E-state index contributed by atoms with van der Waals surface area (Å²) in [5.41, 5.74) is 1.58. The van der Waals surface area contributed by atoms with E-state index in [0.717, 1.165) is 10.7 Å². The van der Waals surface area contributed by atoms with E-state index in [2.05, 4.69) is 10.3 Å². The normalized spacial score (nSPS) is 12.6. The highest BCUT2D eigenvalue weighted by Crippen LogP contribution is 2.13. The molecule has 0 aliphatic rings. The average Bonchev–Trinajstić information content (AvgIpc) is 2.75. The molecule has 0 aliphatic carbocycles. The van der Waals surface area contributed by atoms with Crippen LogP contribution in [0.3, 0.4) is 0 Å². The minimum absolute atomic E-state index is 0.331.